The van der Waals surface area contributed by atoms with E-state index >= 15 is 0 Å². The first kappa shape index (κ1) is 15.7. The second-order valence-corrected chi connectivity index (χ2v) is 7.33. The lowest BCUT2D eigenvalue weighted by Gasteiger charge is -2.27. The number of sulfonamides is 1. The molecule has 0 radical (unpaired) electrons. The van der Waals surface area contributed by atoms with Gasteiger partial charge in [0.05, 0.1) is 12.0 Å². The number of benzene rings is 2. The molecule has 0 unspecified atom stereocenters. The first-order valence-corrected chi connectivity index (χ1v) is 8.99. The molecule has 5 nitrogen and oxygen atoms in total. The van der Waals surface area contributed by atoms with Gasteiger partial charge in [-0.2, -0.15) is 0 Å². The van der Waals surface area contributed by atoms with Gasteiger partial charge in [-0.3, -0.25) is 4.72 Å². The summed E-state index contributed by atoms with van der Waals surface area (Å²) >= 11 is 0. The summed E-state index contributed by atoms with van der Waals surface area (Å²) in [7, 11) is 0.00473. The zero-order valence-corrected chi connectivity index (χ0v) is 14.1. The minimum absolute atomic E-state index is 0.216. The number of hydrogen-bond acceptors (Lipinski definition) is 4. The summed E-state index contributed by atoms with van der Waals surface area (Å²) in [6.07, 6.45) is 2.05. The minimum atomic E-state index is -3.60. The first-order valence-electron chi connectivity index (χ1n) is 7.50. The highest BCUT2D eigenvalue weighted by Gasteiger charge is 2.17. The van der Waals surface area contributed by atoms with Crippen molar-refractivity contribution in [3.63, 3.8) is 0 Å². The number of hydrogen-bond donors (Lipinski definition) is 1. The number of nitrogens with zero attached hydrogens (tertiary/aromatic N) is 1. The summed E-state index contributed by atoms with van der Waals surface area (Å²) in [6.45, 7) is 1.03. The fourth-order valence-electron chi connectivity index (χ4n) is 2.82. The maximum Gasteiger partial charge on any atom is 0.261 e. The van der Waals surface area contributed by atoms with Crippen LogP contribution in [-0.2, 0) is 16.4 Å². The van der Waals surface area contributed by atoms with Crippen LogP contribution in [0.4, 0.5) is 11.4 Å². The molecular formula is C17H20N2O3S. The Labute approximate surface area is 136 Å². The summed E-state index contributed by atoms with van der Waals surface area (Å²) in [5.74, 6) is 0.626. The Morgan fingerprint density at radius 2 is 1.87 bits per heavy atom. The highest BCUT2D eigenvalue weighted by Crippen LogP contribution is 2.29. The molecule has 1 aliphatic rings. The number of methoxy groups -OCH3 is 1. The van der Waals surface area contributed by atoms with Crippen molar-refractivity contribution in [3.8, 4) is 5.75 Å². The molecule has 1 aliphatic heterocycles. The molecular weight excluding hydrogens is 312 g/mol. The Morgan fingerprint density at radius 3 is 2.57 bits per heavy atom. The lowest BCUT2D eigenvalue weighted by molar-refractivity contribution is 0.414. The third-order valence-corrected chi connectivity index (χ3v) is 5.45. The van der Waals surface area contributed by atoms with Crippen LogP contribution < -0.4 is 14.4 Å². The average molecular weight is 332 g/mol. The average Bonchev–Trinajstić information content (AvgIpc) is 2.54. The Morgan fingerprint density at radius 1 is 1.13 bits per heavy atom. The van der Waals surface area contributed by atoms with Gasteiger partial charge in [-0.1, -0.05) is 0 Å². The molecule has 2 aromatic carbocycles. The monoisotopic (exact) mass is 332 g/mol. The topological polar surface area (TPSA) is 58.6 Å². The van der Waals surface area contributed by atoms with Crippen molar-refractivity contribution >= 4 is 21.4 Å². The second-order valence-electron chi connectivity index (χ2n) is 5.65. The van der Waals surface area contributed by atoms with Crippen molar-refractivity contribution in [1.82, 2.24) is 0 Å². The van der Waals surface area contributed by atoms with Crippen LogP contribution in [0.5, 0.6) is 5.75 Å². The van der Waals surface area contributed by atoms with E-state index in [1.165, 1.54) is 23.4 Å². The van der Waals surface area contributed by atoms with Crippen molar-refractivity contribution in [2.45, 2.75) is 17.7 Å². The van der Waals surface area contributed by atoms with Crippen molar-refractivity contribution in [3.05, 3.63) is 48.0 Å². The number of fused-ring (bicyclic) bond motifs is 1. The molecule has 0 saturated heterocycles. The van der Waals surface area contributed by atoms with Gasteiger partial charge in [-0.25, -0.2) is 8.42 Å². The van der Waals surface area contributed by atoms with Gasteiger partial charge in [-0.15, -0.1) is 0 Å². The molecule has 0 bridgehead atoms. The molecule has 0 atom stereocenters. The standard InChI is InChI=1S/C17H20N2O3S/c1-19-11-3-4-13-12-14(5-10-17(13)19)18-23(20,21)16-8-6-15(22-2)7-9-16/h5-10,12,18H,3-4,11H2,1-2H3. The van der Waals surface area contributed by atoms with E-state index in [0.717, 1.165) is 19.4 Å². The number of aryl methyl sites for hydroxylation is 1. The molecule has 0 amide bonds. The van der Waals surface area contributed by atoms with Crippen LogP contribution in [0.1, 0.15) is 12.0 Å². The molecule has 1 N–H and O–H groups in total. The predicted octanol–water partition coefficient (Wildman–Crippen LogP) is 2.88. The number of nitrogens with one attached hydrogen (secondary N) is 1. The van der Waals surface area contributed by atoms with E-state index in [-0.39, 0.29) is 4.90 Å². The summed E-state index contributed by atoms with van der Waals surface area (Å²) < 4.78 is 32.6. The Kier molecular flexibility index (Phi) is 4.17. The zero-order valence-electron chi connectivity index (χ0n) is 13.2. The quantitative estimate of drug-likeness (QED) is 0.935. The van der Waals surface area contributed by atoms with Gasteiger partial charge in [0.2, 0.25) is 0 Å². The van der Waals surface area contributed by atoms with E-state index < -0.39 is 10.0 Å². The molecule has 122 valence electrons. The van der Waals surface area contributed by atoms with Gasteiger partial charge in [0.1, 0.15) is 5.75 Å². The first-order chi connectivity index (χ1) is 11.0. The van der Waals surface area contributed by atoms with Crippen LogP contribution in [0.2, 0.25) is 0 Å². The molecule has 23 heavy (non-hydrogen) atoms. The number of anilines is 2. The molecule has 2 aromatic rings. The Balaban J connectivity index is 1.85. The molecule has 0 aliphatic carbocycles. The van der Waals surface area contributed by atoms with Crippen LogP contribution in [0, 0.1) is 0 Å². The van der Waals surface area contributed by atoms with E-state index in [1.54, 1.807) is 19.2 Å². The van der Waals surface area contributed by atoms with Gasteiger partial charge in [0.25, 0.3) is 10.0 Å². The fraction of sp³-hybridized carbons (Fsp3) is 0.294. The molecule has 3 rings (SSSR count). The Bertz CT molecular complexity index is 801. The van der Waals surface area contributed by atoms with Crippen LogP contribution in [0.3, 0.4) is 0 Å². The van der Waals surface area contributed by atoms with Crippen LogP contribution in [-0.4, -0.2) is 29.1 Å². The SMILES string of the molecule is COc1ccc(S(=O)(=O)Nc2ccc3c(c2)CCCN3C)cc1. The Hall–Kier alpha value is -2.21. The zero-order chi connectivity index (χ0) is 16.4. The summed E-state index contributed by atoms with van der Waals surface area (Å²) in [4.78, 5) is 2.41. The third kappa shape index (κ3) is 3.27. The van der Waals surface area contributed by atoms with Gasteiger partial charge in [0, 0.05) is 25.0 Å². The molecule has 0 aromatic heterocycles. The van der Waals surface area contributed by atoms with E-state index in [9.17, 15) is 8.42 Å². The van der Waals surface area contributed by atoms with Crippen LogP contribution in [0.15, 0.2) is 47.4 Å². The normalized spacial score (nSPS) is 14.3. The van der Waals surface area contributed by atoms with Crippen molar-refractivity contribution in [2.75, 3.05) is 30.3 Å². The van der Waals surface area contributed by atoms with E-state index in [4.69, 9.17) is 4.74 Å². The smallest absolute Gasteiger partial charge is 0.261 e. The number of rotatable bonds is 4. The summed E-state index contributed by atoms with van der Waals surface area (Å²) in [5.41, 5.74) is 2.94. The largest absolute Gasteiger partial charge is 0.497 e. The minimum Gasteiger partial charge on any atom is -0.497 e. The van der Waals surface area contributed by atoms with Gasteiger partial charge in [0.15, 0.2) is 0 Å². The maximum absolute atomic E-state index is 12.5. The lowest BCUT2D eigenvalue weighted by atomic mass is 10.0. The summed E-state index contributed by atoms with van der Waals surface area (Å²) in [6, 6.07) is 12.0. The highest BCUT2D eigenvalue weighted by molar-refractivity contribution is 7.92. The lowest BCUT2D eigenvalue weighted by Crippen LogP contribution is -2.24. The molecule has 0 saturated carbocycles. The molecule has 0 spiro atoms. The van der Waals surface area contributed by atoms with E-state index in [2.05, 4.69) is 16.7 Å². The molecule has 6 heteroatoms. The van der Waals surface area contributed by atoms with Crippen LogP contribution >= 0.6 is 0 Å². The van der Waals surface area contributed by atoms with Gasteiger partial charge in [-0.05, 0) is 60.9 Å². The second kappa shape index (κ2) is 6.12. The predicted molar refractivity (Wildman–Crippen MR) is 91.8 cm³/mol. The summed E-state index contributed by atoms with van der Waals surface area (Å²) in [5, 5.41) is 0. The third-order valence-electron chi connectivity index (χ3n) is 4.05. The van der Waals surface area contributed by atoms with Gasteiger partial charge < -0.3 is 9.64 Å². The van der Waals surface area contributed by atoms with Crippen LogP contribution in [0.25, 0.3) is 0 Å². The van der Waals surface area contributed by atoms with E-state index in [0.29, 0.717) is 11.4 Å². The van der Waals surface area contributed by atoms with Crippen molar-refractivity contribution < 1.29 is 13.2 Å². The fourth-order valence-corrected chi connectivity index (χ4v) is 3.87. The van der Waals surface area contributed by atoms with Gasteiger partial charge >= 0.3 is 0 Å². The van der Waals surface area contributed by atoms with Crippen molar-refractivity contribution in [1.29, 1.82) is 0 Å². The molecule has 0 fully saturated rings. The maximum atomic E-state index is 12.5. The highest BCUT2D eigenvalue weighted by atomic mass is 32.2. The molecule has 1 heterocycles. The van der Waals surface area contributed by atoms with Crippen molar-refractivity contribution in [2.24, 2.45) is 0 Å². The van der Waals surface area contributed by atoms with E-state index in [1.807, 2.05) is 18.2 Å². The number of ether oxygens (including phenoxy) is 1.